The van der Waals surface area contributed by atoms with Crippen LogP contribution in [0.25, 0.3) is 0 Å². The van der Waals surface area contributed by atoms with Crippen molar-refractivity contribution in [1.82, 2.24) is 4.31 Å². The van der Waals surface area contributed by atoms with Gasteiger partial charge in [-0.2, -0.15) is 4.31 Å². The SMILES string of the molecule is CC1(C(=O)O)CCCN1S(=O)(=O)c1ccc(F)cc1F. The van der Waals surface area contributed by atoms with Gasteiger partial charge in [0.1, 0.15) is 22.1 Å². The standard InChI is InChI=1S/C12H13F2NO4S/c1-12(11(16)17)5-2-6-15(12)20(18,19)10-4-3-8(13)7-9(10)14/h3-4,7H,2,5-6H2,1H3,(H,16,17). The second kappa shape index (κ2) is 4.78. The zero-order valence-electron chi connectivity index (χ0n) is 10.6. The average Bonchev–Trinajstić information content (AvgIpc) is 2.73. The number of hydrogen-bond acceptors (Lipinski definition) is 3. The monoisotopic (exact) mass is 305 g/mol. The third-order valence-electron chi connectivity index (χ3n) is 3.50. The summed E-state index contributed by atoms with van der Waals surface area (Å²) in [6.07, 6.45) is 0.509. The molecule has 0 aromatic heterocycles. The van der Waals surface area contributed by atoms with Crippen LogP contribution in [0.1, 0.15) is 19.8 Å². The number of hydrogen-bond donors (Lipinski definition) is 1. The molecule has 20 heavy (non-hydrogen) atoms. The van der Waals surface area contributed by atoms with Crippen LogP contribution < -0.4 is 0 Å². The maximum absolute atomic E-state index is 13.7. The van der Waals surface area contributed by atoms with Gasteiger partial charge in [-0.05, 0) is 31.9 Å². The van der Waals surface area contributed by atoms with Crippen molar-refractivity contribution in [3.63, 3.8) is 0 Å². The van der Waals surface area contributed by atoms with Gasteiger partial charge < -0.3 is 5.11 Å². The molecule has 1 aliphatic rings. The molecule has 0 aliphatic carbocycles. The number of carboxylic acids is 1. The highest BCUT2D eigenvalue weighted by Gasteiger charge is 2.50. The van der Waals surface area contributed by atoms with Gasteiger partial charge in [-0.25, -0.2) is 17.2 Å². The summed E-state index contributed by atoms with van der Waals surface area (Å²) < 4.78 is 52.0. The Morgan fingerprint density at radius 2 is 2.05 bits per heavy atom. The fourth-order valence-electron chi connectivity index (χ4n) is 2.34. The van der Waals surface area contributed by atoms with Gasteiger partial charge in [-0.3, -0.25) is 4.79 Å². The van der Waals surface area contributed by atoms with Crippen LogP contribution in [0, 0.1) is 11.6 Å². The number of sulfonamides is 1. The smallest absolute Gasteiger partial charge is 0.324 e. The molecule has 0 saturated carbocycles. The Labute approximate surface area is 114 Å². The van der Waals surface area contributed by atoms with Crippen molar-refractivity contribution in [3.05, 3.63) is 29.8 Å². The van der Waals surface area contributed by atoms with E-state index in [1.165, 1.54) is 6.92 Å². The minimum absolute atomic E-state index is 0.0120. The fourth-order valence-corrected chi connectivity index (χ4v) is 4.19. The van der Waals surface area contributed by atoms with Crippen molar-refractivity contribution in [2.24, 2.45) is 0 Å². The fraction of sp³-hybridized carbons (Fsp3) is 0.417. The summed E-state index contributed by atoms with van der Waals surface area (Å²) in [6, 6.07) is 2.09. The van der Waals surface area contributed by atoms with Crippen LogP contribution in [0.15, 0.2) is 23.1 Å². The molecular formula is C12H13F2NO4S. The summed E-state index contributed by atoms with van der Waals surface area (Å²) in [6.45, 7) is 1.27. The normalized spacial score (nSPS) is 23.9. The molecule has 0 radical (unpaired) electrons. The van der Waals surface area contributed by atoms with Crippen LogP contribution in [-0.2, 0) is 14.8 Å². The molecule has 1 unspecified atom stereocenters. The molecule has 1 fully saturated rings. The summed E-state index contributed by atoms with van der Waals surface area (Å²) >= 11 is 0. The van der Waals surface area contributed by atoms with Gasteiger partial charge in [0, 0.05) is 12.6 Å². The van der Waals surface area contributed by atoms with E-state index in [9.17, 15) is 27.1 Å². The van der Waals surface area contributed by atoms with Gasteiger partial charge in [0.2, 0.25) is 10.0 Å². The van der Waals surface area contributed by atoms with Crippen LogP contribution in [0.2, 0.25) is 0 Å². The molecule has 8 heteroatoms. The molecule has 110 valence electrons. The Morgan fingerprint density at radius 1 is 1.40 bits per heavy atom. The highest BCUT2D eigenvalue weighted by Crippen LogP contribution is 2.35. The molecule has 2 rings (SSSR count). The molecule has 1 saturated heterocycles. The van der Waals surface area contributed by atoms with Gasteiger partial charge >= 0.3 is 5.97 Å². The Hall–Kier alpha value is -1.54. The second-order valence-electron chi connectivity index (χ2n) is 4.83. The Kier molecular flexibility index (Phi) is 3.55. The lowest BCUT2D eigenvalue weighted by Gasteiger charge is -2.30. The Balaban J connectivity index is 2.53. The number of rotatable bonds is 3. The Morgan fingerprint density at radius 3 is 2.60 bits per heavy atom. The molecule has 0 bridgehead atoms. The molecule has 1 aromatic carbocycles. The molecule has 0 spiro atoms. The number of nitrogens with zero attached hydrogens (tertiary/aromatic N) is 1. The van der Waals surface area contributed by atoms with Crippen LogP contribution in [0.5, 0.6) is 0 Å². The van der Waals surface area contributed by atoms with Crippen molar-refractivity contribution in [1.29, 1.82) is 0 Å². The maximum atomic E-state index is 13.7. The third kappa shape index (κ3) is 2.18. The molecule has 1 heterocycles. The quantitative estimate of drug-likeness (QED) is 0.920. The number of carbonyl (C=O) groups is 1. The van der Waals surface area contributed by atoms with Crippen LogP contribution in [0.3, 0.4) is 0 Å². The molecule has 5 nitrogen and oxygen atoms in total. The lowest BCUT2D eigenvalue weighted by molar-refractivity contribution is -0.146. The van der Waals surface area contributed by atoms with Crippen molar-refractivity contribution in [2.45, 2.75) is 30.2 Å². The van der Waals surface area contributed by atoms with Crippen LogP contribution >= 0.6 is 0 Å². The summed E-state index contributed by atoms with van der Waals surface area (Å²) in [7, 11) is -4.33. The maximum Gasteiger partial charge on any atom is 0.324 e. The predicted molar refractivity (Wildman–Crippen MR) is 65.5 cm³/mol. The third-order valence-corrected chi connectivity index (χ3v) is 5.55. The molecular weight excluding hydrogens is 292 g/mol. The van der Waals surface area contributed by atoms with E-state index in [4.69, 9.17) is 0 Å². The van der Waals surface area contributed by atoms with Gasteiger partial charge in [-0.1, -0.05) is 0 Å². The van der Waals surface area contributed by atoms with Crippen molar-refractivity contribution in [2.75, 3.05) is 6.54 Å². The Bertz CT molecular complexity index is 661. The predicted octanol–water partition coefficient (Wildman–Crippen LogP) is 1.59. The van der Waals surface area contributed by atoms with Gasteiger partial charge in [0.25, 0.3) is 0 Å². The summed E-state index contributed by atoms with van der Waals surface area (Å²) in [5, 5.41) is 9.21. The van der Waals surface area contributed by atoms with E-state index in [2.05, 4.69) is 0 Å². The molecule has 1 aromatic rings. The number of aliphatic carboxylic acids is 1. The topological polar surface area (TPSA) is 74.7 Å². The molecule has 1 atom stereocenters. The minimum Gasteiger partial charge on any atom is -0.480 e. The second-order valence-corrected chi connectivity index (χ2v) is 6.67. The van der Waals surface area contributed by atoms with E-state index in [0.29, 0.717) is 12.5 Å². The molecule has 1 N–H and O–H groups in total. The molecule has 1 aliphatic heterocycles. The van der Waals surface area contributed by atoms with Crippen molar-refractivity contribution >= 4 is 16.0 Å². The van der Waals surface area contributed by atoms with Crippen molar-refractivity contribution in [3.8, 4) is 0 Å². The van der Waals surface area contributed by atoms with E-state index >= 15 is 0 Å². The first kappa shape index (κ1) is 14.9. The first-order chi connectivity index (χ1) is 9.19. The van der Waals surface area contributed by atoms with Crippen LogP contribution in [0.4, 0.5) is 8.78 Å². The largest absolute Gasteiger partial charge is 0.480 e. The minimum atomic E-state index is -4.33. The zero-order valence-corrected chi connectivity index (χ0v) is 11.5. The summed E-state index contributed by atoms with van der Waals surface area (Å²) in [5.41, 5.74) is -1.61. The lowest BCUT2D eigenvalue weighted by Crippen LogP contribution is -2.50. The van der Waals surface area contributed by atoms with Crippen LogP contribution in [-0.4, -0.2) is 35.9 Å². The zero-order chi connectivity index (χ0) is 15.1. The number of halogens is 2. The van der Waals surface area contributed by atoms with E-state index in [1.54, 1.807) is 0 Å². The van der Waals surface area contributed by atoms with Crippen molar-refractivity contribution < 1.29 is 27.1 Å². The first-order valence-electron chi connectivity index (χ1n) is 5.91. The summed E-state index contributed by atoms with van der Waals surface area (Å²) in [5.74, 6) is -3.42. The highest BCUT2D eigenvalue weighted by atomic mass is 32.2. The highest BCUT2D eigenvalue weighted by molar-refractivity contribution is 7.89. The van der Waals surface area contributed by atoms with E-state index in [-0.39, 0.29) is 13.0 Å². The van der Waals surface area contributed by atoms with Gasteiger partial charge in [0.05, 0.1) is 0 Å². The number of benzene rings is 1. The lowest BCUT2D eigenvalue weighted by atomic mass is 10.0. The van der Waals surface area contributed by atoms with E-state index in [1.807, 2.05) is 0 Å². The van der Waals surface area contributed by atoms with Gasteiger partial charge in [-0.15, -0.1) is 0 Å². The van der Waals surface area contributed by atoms with Gasteiger partial charge in [0.15, 0.2) is 0 Å². The summed E-state index contributed by atoms with van der Waals surface area (Å²) in [4.78, 5) is 10.6. The molecule has 0 amide bonds. The number of carboxylic acid groups (broad SMARTS) is 1. The first-order valence-corrected chi connectivity index (χ1v) is 7.35. The average molecular weight is 305 g/mol. The van der Waals surface area contributed by atoms with E-state index < -0.39 is 38.1 Å². The van der Waals surface area contributed by atoms with E-state index in [0.717, 1.165) is 16.4 Å².